The van der Waals surface area contributed by atoms with Crippen LogP contribution in [0.15, 0.2) is 46.3 Å². The first-order valence-corrected chi connectivity index (χ1v) is 10.9. The number of hydrogen-bond acceptors (Lipinski definition) is 5. The number of rotatable bonds is 6. The number of carbonyl (C=O) groups is 2. The number of carbonyl (C=O) groups excluding carboxylic acids is 1. The lowest BCUT2D eigenvalue weighted by atomic mass is 9.96. The van der Waals surface area contributed by atoms with Gasteiger partial charge in [-0.3, -0.25) is 9.69 Å². The van der Waals surface area contributed by atoms with E-state index in [0.29, 0.717) is 28.3 Å². The van der Waals surface area contributed by atoms with Crippen molar-refractivity contribution in [2.45, 2.75) is 33.6 Å². The first-order chi connectivity index (χ1) is 14.7. The summed E-state index contributed by atoms with van der Waals surface area (Å²) in [7, 11) is 1.69. The van der Waals surface area contributed by atoms with E-state index in [4.69, 9.17) is 9.84 Å². The molecule has 31 heavy (non-hydrogen) atoms. The summed E-state index contributed by atoms with van der Waals surface area (Å²) in [6.07, 6.45) is 1.90. The summed E-state index contributed by atoms with van der Waals surface area (Å²) in [6, 6.07) is 10.4. The fraction of sp³-hybridized carbons (Fsp3) is 0.292. The quantitative estimate of drug-likeness (QED) is 0.607. The number of amides is 1. The topological polar surface area (TPSA) is 79.2 Å². The molecule has 1 aliphatic heterocycles. The molecule has 0 aromatic heterocycles. The number of hydrogen-bond donors (Lipinski definition) is 1. The van der Waals surface area contributed by atoms with Gasteiger partial charge in [0.1, 0.15) is 5.75 Å². The van der Waals surface area contributed by atoms with Gasteiger partial charge in [0.2, 0.25) is 0 Å². The Balaban J connectivity index is 1.93. The number of benzene rings is 2. The van der Waals surface area contributed by atoms with Crippen LogP contribution in [0.2, 0.25) is 0 Å². The minimum absolute atomic E-state index is 0.120. The standard InChI is InChI=1S/C24H26N2O4S/c1-6-30-20-11-15(4)17(12-19(20)14(2)3)13-21-22(27)26(5)24(31-21)25-18-9-7-16(8-10-18)23(28)29/h7-14H,6H2,1-5H3,(H,28,29)/b21-13-,25-24?. The van der Waals surface area contributed by atoms with Gasteiger partial charge in [0.05, 0.1) is 22.8 Å². The van der Waals surface area contributed by atoms with Crippen LogP contribution in [0.25, 0.3) is 6.08 Å². The fourth-order valence-electron chi connectivity index (χ4n) is 3.18. The molecule has 3 rings (SSSR count). The van der Waals surface area contributed by atoms with Gasteiger partial charge in [0.15, 0.2) is 5.17 Å². The van der Waals surface area contributed by atoms with E-state index in [1.54, 1.807) is 19.2 Å². The van der Waals surface area contributed by atoms with Gasteiger partial charge in [-0.1, -0.05) is 13.8 Å². The summed E-state index contributed by atoms with van der Waals surface area (Å²) in [5.41, 5.74) is 3.90. The second-order valence-electron chi connectivity index (χ2n) is 7.56. The van der Waals surface area contributed by atoms with Crippen molar-refractivity contribution in [3.63, 3.8) is 0 Å². The Morgan fingerprint density at radius 3 is 2.52 bits per heavy atom. The van der Waals surface area contributed by atoms with Gasteiger partial charge in [-0.25, -0.2) is 9.79 Å². The van der Waals surface area contributed by atoms with Crippen LogP contribution in [0, 0.1) is 6.92 Å². The van der Waals surface area contributed by atoms with Crippen LogP contribution < -0.4 is 4.74 Å². The van der Waals surface area contributed by atoms with Crippen LogP contribution in [0.1, 0.15) is 53.7 Å². The number of likely N-dealkylation sites (N-methyl/N-ethyl adjacent to an activating group) is 1. The maximum Gasteiger partial charge on any atom is 0.335 e. The number of ether oxygens (including phenoxy) is 1. The van der Waals surface area contributed by atoms with Gasteiger partial charge in [0, 0.05) is 7.05 Å². The Kier molecular flexibility index (Phi) is 6.85. The highest BCUT2D eigenvalue weighted by Gasteiger charge is 2.30. The van der Waals surface area contributed by atoms with E-state index in [1.807, 2.05) is 26.0 Å². The van der Waals surface area contributed by atoms with Crippen molar-refractivity contribution in [2.24, 2.45) is 4.99 Å². The van der Waals surface area contributed by atoms with E-state index in [9.17, 15) is 9.59 Å². The molecule has 0 atom stereocenters. The summed E-state index contributed by atoms with van der Waals surface area (Å²) >= 11 is 1.30. The SMILES string of the molecule is CCOc1cc(C)c(/C=C2\SC(=Nc3ccc(C(=O)O)cc3)N(C)C2=O)cc1C(C)C. The van der Waals surface area contributed by atoms with Crippen molar-refractivity contribution < 1.29 is 19.4 Å². The molecule has 1 aliphatic rings. The highest BCUT2D eigenvalue weighted by molar-refractivity contribution is 8.18. The number of amidine groups is 1. The highest BCUT2D eigenvalue weighted by Crippen LogP contribution is 2.36. The molecule has 2 aromatic carbocycles. The number of nitrogens with zero attached hydrogens (tertiary/aromatic N) is 2. The Morgan fingerprint density at radius 1 is 1.26 bits per heavy atom. The molecule has 6 nitrogen and oxygen atoms in total. The van der Waals surface area contributed by atoms with Crippen molar-refractivity contribution in [2.75, 3.05) is 13.7 Å². The zero-order chi connectivity index (χ0) is 22.7. The van der Waals surface area contributed by atoms with Gasteiger partial charge in [-0.15, -0.1) is 0 Å². The van der Waals surface area contributed by atoms with E-state index in [-0.39, 0.29) is 11.5 Å². The van der Waals surface area contributed by atoms with E-state index in [1.165, 1.54) is 28.8 Å². The molecule has 0 spiro atoms. The van der Waals surface area contributed by atoms with E-state index in [0.717, 1.165) is 22.4 Å². The molecule has 0 saturated carbocycles. The average molecular weight is 439 g/mol. The monoisotopic (exact) mass is 438 g/mol. The molecule has 0 aliphatic carbocycles. The molecule has 0 unspecified atom stereocenters. The Bertz CT molecular complexity index is 1070. The van der Waals surface area contributed by atoms with Crippen LogP contribution in [-0.2, 0) is 4.79 Å². The zero-order valence-corrected chi connectivity index (χ0v) is 19.1. The molecule has 1 N–H and O–H groups in total. The predicted octanol–water partition coefficient (Wildman–Crippen LogP) is 5.45. The number of aliphatic imine (C=N–C) groups is 1. The van der Waals surface area contributed by atoms with Crippen molar-refractivity contribution in [1.82, 2.24) is 4.90 Å². The van der Waals surface area contributed by atoms with Crippen LogP contribution in [-0.4, -0.2) is 40.7 Å². The van der Waals surface area contributed by atoms with Crippen LogP contribution in [0.3, 0.4) is 0 Å². The van der Waals surface area contributed by atoms with Gasteiger partial charge in [-0.2, -0.15) is 0 Å². The molecule has 1 saturated heterocycles. The van der Waals surface area contributed by atoms with E-state index in [2.05, 4.69) is 24.9 Å². The Hall–Kier alpha value is -3.06. The number of aryl methyl sites for hydroxylation is 1. The second-order valence-corrected chi connectivity index (χ2v) is 8.56. The first-order valence-electron chi connectivity index (χ1n) is 10.1. The van der Waals surface area contributed by atoms with Crippen LogP contribution in [0.5, 0.6) is 5.75 Å². The summed E-state index contributed by atoms with van der Waals surface area (Å²) in [5.74, 6) is 0.0651. The van der Waals surface area contributed by atoms with Gasteiger partial charge in [-0.05, 0) is 90.7 Å². The van der Waals surface area contributed by atoms with Crippen LogP contribution >= 0.6 is 11.8 Å². The maximum atomic E-state index is 12.8. The van der Waals surface area contributed by atoms with Crippen LogP contribution in [0.4, 0.5) is 5.69 Å². The maximum absolute atomic E-state index is 12.8. The zero-order valence-electron chi connectivity index (χ0n) is 18.3. The Morgan fingerprint density at radius 2 is 1.94 bits per heavy atom. The van der Waals surface area contributed by atoms with E-state index >= 15 is 0 Å². The number of thioether (sulfide) groups is 1. The molecule has 2 aromatic rings. The molecule has 1 amide bonds. The molecule has 162 valence electrons. The normalized spacial score (nSPS) is 16.6. The first kappa shape index (κ1) is 22.6. The molecular weight excluding hydrogens is 412 g/mol. The fourth-order valence-corrected chi connectivity index (χ4v) is 4.16. The Labute approximate surface area is 186 Å². The number of carboxylic acid groups (broad SMARTS) is 1. The van der Waals surface area contributed by atoms with Crippen molar-refractivity contribution >= 4 is 40.6 Å². The smallest absolute Gasteiger partial charge is 0.335 e. The summed E-state index contributed by atoms with van der Waals surface area (Å²) in [6.45, 7) is 8.81. The average Bonchev–Trinajstić information content (AvgIpc) is 2.98. The molecule has 7 heteroatoms. The lowest BCUT2D eigenvalue weighted by Crippen LogP contribution is -2.23. The predicted molar refractivity (Wildman–Crippen MR) is 125 cm³/mol. The minimum Gasteiger partial charge on any atom is -0.494 e. The lowest BCUT2D eigenvalue weighted by Gasteiger charge is -2.16. The third-order valence-corrected chi connectivity index (χ3v) is 6.01. The molecule has 1 heterocycles. The van der Waals surface area contributed by atoms with Gasteiger partial charge >= 0.3 is 5.97 Å². The summed E-state index contributed by atoms with van der Waals surface area (Å²) in [5, 5.41) is 9.57. The molecule has 0 radical (unpaired) electrons. The van der Waals surface area contributed by atoms with E-state index < -0.39 is 5.97 Å². The highest BCUT2D eigenvalue weighted by atomic mass is 32.2. The third-order valence-electron chi connectivity index (χ3n) is 4.95. The second kappa shape index (κ2) is 9.39. The van der Waals surface area contributed by atoms with Gasteiger partial charge in [0.25, 0.3) is 5.91 Å². The minimum atomic E-state index is -0.988. The van der Waals surface area contributed by atoms with Crippen molar-refractivity contribution in [3.8, 4) is 5.75 Å². The van der Waals surface area contributed by atoms with Gasteiger partial charge < -0.3 is 9.84 Å². The van der Waals surface area contributed by atoms with Crippen molar-refractivity contribution in [3.05, 3.63) is 63.6 Å². The largest absolute Gasteiger partial charge is 0.494 e. The number of aromatic carboxylic acids is 1. The summed E-state index contributed by atoms with van der Waals surface area (Å²) in [4.78, 5) is 30.4. The molecular formula is C24H26N2O4S. The third kappa shape index (κ3) is 4.99. The molecule has 0 bridgehead atoms. The summed E-state index contributed by atoms with van der Waals surface area (Å²) < 4.78 is 5.79. The molecule has 1 fully saturated rings. The number of carboxylic acids is 1. The van der Waals surface area contributed by atoms with Crippen molar-refractivity contribution in [1.29, 1.82) is 0 Å². The lowest BCUT2D eigenvalue weighted by molar-refractivity contribution is -0.121.